The zero-order chi connectivity index (χ0) is 19.6. The second-order valence-corrected chi connectivity index (χ2v) is 6.01. The molecular weight excluding hydrogens is 361 g/mol. The first-order chi connectivity index (χ1) is 12.8. The summed E-state index contributed by atoms with van der Waals surface area (Å²) in [5.41, 5.74) is 2.33. The Kier molecular flexibility index (Phi) is 5.02. The van der Waals surface area contributed by atoms with Crippen molar-refractivity contribution in [1.82, 2.24) is 19.9 Å². The van der Waals surface area contributed by atoms with E-state index in [0.717, 1.165) is 5.56 Å². The van der Waals surface area contributed by atoms with Crippen LogP contribution in [0, 0.1) is 6.92 Å². The fourth-order valence-electron chi connectivity index (χ4n) is 2.69. The molecule has 1 aromatic carbocycles. The van der Waals surface area contributed by atoms with E-state index in [-0.39, 0.29) is 17.7 Å². The van der Waals surface area contributed by atoms with Crippen molar-refractivity contribution in [3.8, 4) is 5.75 Å². The summed E-state index contributed by atoms with van der Waals surface area (Å²) in [4.78, 5) is 16.9. The molecule has 0 aliphatic heterocycles. The number of aromatic nitrogens is 3. The van der Waals surface area contributed by atoms with Gasteiger partial charge in [0.25, 0.3) is 5.91 Å². The van der Waals surface area contributed by atoms with Crippen LogP contribution in [0.25, 0.3) is 5.65 Å². The maximum absolute atomic E-state index is 12.6. The molecule has 142 valence electrons. The van der Waals surface area contributed by atoms with Crippen LogP contribution in [-0.2, 0) is 0 Å². The second kappa shape index (κ2) is 7.26. The Morgan fingerprint density at radius 3 is 2.59 bits per heavy atom. The molecule has 0 saturated carbocycles. The average molecular weight is 378 g/mol. The quantitative estimate of drug-likeness (QED) is 0.733. The van der Waals surface area contributed by atoms with Crippen LogP contribution in [0.4, 0.5) is 13.2 Å². The Labute approximate surface area is 153 Å². The lowest BCUT2D eigenvalue weighted by Gasteiger charge is -2.18. The van der Waals surface area contributed by atoms with Gasteiger partial charge in [0.05, 0.1) is 12.2 Å². The van der Waals surface area contributed by atoms with E-state index in [9.17, 15) is 18.0 Å². The lowest BCUT2D eigenvalue weighted by Crippen LogP contribution is -2.28. The van der Waals surface area contributed by atoms with Gasteiger partial charge in [-0.25, -0.2) is 9.50 Å². The first kappa shape index (κ1) is 18.7. The van der Waals surface area contributed by atoms with Gasteiger partial charge in [0.1, 0.15) is 11.3 Å². The molecule has 1 N–H and O–H groups in total. The molecule has 0 radical (unpaired) electrons. The number of hydrogen-bond donors (Lipinski definition) is 1. The molecule has 1 atom stereocenters. The number of aryl methyl sites for hydroxylation is 1. The Bertz CT molecular complexity index is 951. The van der Waals surface area contributed by atoms with Gasteiger partial charge in [0, 0.05) is 12.4 Å². The van der Waals surface area contributed by atoms with E-state index in [1.54, 1.807) is 12.4 Å². The van der Waals surface area contributed by atoms with Crippen molar-refractivity contribution in [2.24, 2.45) is 0 Å². The van der Waals surface area contributed by atoms with Crippen LogP contribution in [-0.4, -0.2) is 26.9 Å². The predicted octanol–water partition coefficient (Wildman–Crippen LogP) is 3.82. The highest BCUT2D eigenvalue weighted by molar-refractivity contribution is 5.99. The number of ether oxygens (including phenoxy) is 1. The van der Waals surface area contributed by atoms with Crippen molar-refractivity contribution in [1.29, 1.82) is 0 Å². The van der Waals surface area contributed by atoms with Gasteiger partial charge in [-0.15, -0.1) is 13.2 Å². The van der Waals surface area contributed by atoms with Crippen molar-refractivity contribution >= 4 is 11.6 Å². The highest BCUT2D eigenvalue weighted by Crippen LogP contribution is 2.25. The number of amides is 1. The molecule has 0 aliphatic rings. The zero-order valence-electron chi connectivity index (χ0n) is 14.6. The highest BCUT2D eigenvalue weighted by Gasteiger charge is 2.31. The number of halogens is 3. The monoisotopic (exact) mass is 378 g/mol. The molecule has 0 unspecified atom stereocenters. The number of hydrogen-bond acceptors (Lipinski definition) is 4. The molecule has 9 heteroatoms. The van der Waals surface area contributed by atoms with Gasteiger partial charge in [-0.05, 0) is 36.6 Å². The minimum atomic E-state index is -4.74. The zero-order valence-corrected chi connectivity index (χ0v) is 14.6. The summed E-state index contributed by atoms with van der Waals surface area (Å²) in [7, 11) is 0. The van der Waals surface area contributed by atoms with Crippen LogP contribution >= 0.6 is 0 Å². The molecule has 0 spiro atoms. The topological polar surface area (TPSA) is 68.5 Å². The van der Waals surface area contributed by atoms with E-state index in [0.29, 0.717) is 23.2 Å². The molecule has 0 fully saturated rings. The highest BCUT2D eigenvalue weighted by atomic mass is 19.4. The molecule has 0 aliphatic carbocycles. The van der Waals surface area contributed by atoms with Crippen molar-refractivity contribution in [3.05, 3.63) is 59.5 Å². The second-order valence-electron chi connectivity index (χ2n) is 6.01. The molecule has 0 saturated heterocycles. The van der Waals surface area contributed by atoms with E-state index in [1.165, 1.54) is 35.0 Å². The fourth-order valence-corrected chi connectivity index (χ4v) is 2.69. The van der Waals surface area contributed by atoms with Crippen molar-refractivity contribution in [2.75, 3.05) is 0 Å². The maximum atomic E-state index is 12.6. The van der Waals surface area contributed by atoms with Crippen molar-refractivity contribution in [3.63, 3.8) is 0 Å². The molecule has 6 nitrogen and oxygen atoms in total. The van der Waals surface area contributed by atoms with Gasteiger partial charge < -0.3 is 10.1 Å². The minimum absolute atomic E-state index is 0.311. The molecule has 3 rings (SSSR count). The summed E-state index contributed by atoms with van der Waals surface area (Å²) in [6.07, 6.45) is 0.649. The van der Waals surface area contributed by atoms with E-state index in [4.69, 9.17) is 0 Å². The summed E-state index contributed by atoms with van der Waals surface area (Å²) in [6.45, 7) is 3.73. The average Bonchev–Trinajstić information content (AvgIpc) is 3.02. The number of rotatable bonds is 5. The summed E-state index contributed by atoms with van der Waals surface area (Å²) in [5.74, 6) is -0.668. The van der Waals surface area contributed by atoms with Gasteiger partial charge in [-0.3, -0.25) is 4.79 Å². The third kappa shape index (κ3) is 4.36. The Hall–Kier alpha value is -3.10. The molecule has 27 heavy (non-hydrogen) atoms. The lowest BCUT2D eigenvalue weighted by molar-refractivity contribution is -0.274. The smallest absolute Gasteiger partial charge is 0.406 e. The molecule has 2 aromatic heterocycles. The van der Waals surface area contributed by atoms with Crippen LogP contribution in [0.5, 0.6) is 5.75 Å². The fraction of sp³-hybridized carbons (Fsp3) is 0.278. The Balaban J connectivity index is 1.77. The first-order valence-electron chi connectivity index (χ1n) is 8.23. The molecule has 3 aromatic rings. The minimum Gasteiger partial charge on any atom is -0.406 e. The summed E-state index contributed by atoms with van der Waals surface area (Å²) < 4.78 is 42.1. The van der Waals surface area contributed by atoms with Crippen LogP contribution < -0.4 is 10.1 Å². The number of fused-ring (bicyclic) bond motifs is 1. The van der Waals surface area contributed by atoms with Crippen molar-refractivity contribution in [2.45, 2.75) is 32.7 Å². The van der Waals surface area contributed by atoms with Crippen LogP contribution in [0.2, 0.25) is 0 Å². The number of alkyl halides is 3. The normalized spacial score (nSPS) is 12.8. The molecule has 1 amide bonds. The largest absolute Gasteiger partial charge is 0.573 e. The first-order valence-corrected chi connectivity index (χ1v) is 8.23. The molecular formula is C18H17F3N4O2. The van der Waals surface area contributed by atoms with Crippen LogP contribution in [0.1, 0.15) is 40.9 Å². The number of nitrogens with zero attached hydrogens (tertiary/aromatic N) is 3. The van der Waals surface area contributed by atoms with Gasteiger partial charge in [-0.1, -0.05) is 19.1 Å². The van der Waals surface area contributed by atoms with E-state index in [1.807, 2.05) is 13.8 Å². The predicted molar refractivity (Wildman–Crippen MR) is 91.3 cm³/mol. The van der Waals surface area contributed by atoms with Gasteiger partial charge in [0.15, 0.2) is 5.65 Å². The van der Waals surface area contributed by atoms with E-state index >= 15 is 0 Å². The van der Waals surface area contributed by atoms with E-state index < -0.39 is 6.36 Å². The maximum Gasteiger partial charge on any atom is 0.573 e. The standard InChI is InChI=1S/C18H17F3N4O2/c1-3-15(12-4-6-13(7-5-12)27-18(19,20)21)24-17(26)14-9-23-25-10-11(2)8-22-16(14)25/h4-10,15H,3H2,1-2H3,(H,24,26)/t15-/m0/s1. The van der Waals surface area contributed by atoms with Crippen LogP contribution in [0.3, 0.4) is 0 Å². The SMILES string of the molecule is CC[C@H](NC(=O)c1cnn2cc(C)cnc12)c1ccc(OC(F)(F)F)cc1. The number of nitrogens with one attached hydrogen (secondary N) is 1. The van der Waals surface area contributed by atoms with Crippen molar-refractivity contribution < 1.29 is 22.7 Å². The van der Waals surface area contributed by atoms with Gasteiger partial charge in [0.2, 0.25) is 0 Å². The summed E-state index contributed by atoms with van der Waals surface area (Å²) in [5, 5.41) is 6.99. The van der Waals surface area contributed by atoms with Crippen LogP contribution in [0.15, 0.2) is 42.9 Å². The number of carbonyl (C=O) groups is 1. The molecule has 0 bridgehead atoms. The molecule has 2 heterocycles. The number of carbonyl (C=O) groups excluding carboxylic acids is 1. The van der Waals surface area contributed by atoms with E-state index in [2.05, 4.69) is 20.1 Å². The third-order valence-electron chi connectivity index (χ3n) is 3.96. The lowest BCUT2D eigenvalue weighted by atomic mass is 10.0. The number of benzene rings is 1. The summed E-state index contributed by atoms with van der Waals surface area (Å²) >= 11 is 0. The van der Waals surface area contributed by atoms with Gasteiger partial charge in [-0.2, -0.15) is 5.10 Å². The van der Waals surface area contributed by atoms with Gasteiger partial charge >= 0.3 is 6.36 Å². The Morgan fingerprint density at radius 1 is 1.26 bits per heavy atom. The Morgan fingerprint density at radius 2 is 1.96 bits per heavy atom. The summed E-state index contributed by atoms with van der Waals surface area (Å²) in [6, 6.07) is 5.05. The third-order valence-corrected chi connectivity index (χ3v) is 3.96.